The lowest BCUT2D eigenvalue weighted by Gasteiger charge is -2.08. The Hall–Kier alpha value is -2.16. The molecule has 0 aliphatic carbocycles. The largest absolute Gasteiger partial charge is 0.494 e. The van der Waals surface area contributed by atoms with Crippen LogP contribution in [-0.4, -0.2) is 20.3 Å². The van der Waals surface area contributed by atoms with Gasteiger partial charge in [0, 0.05) is 12.7 Å². The maximum Gasteiger partial charge on any atom is 0.119 e. The Labute approximate surface area is 126 Å². The third kappa shape index (κ3) is 5.78. The minimum atomic E-state index is 0.754. The first-order valence-electron chi connectivity index (χ1n) is 7.47. The highest BCUT2D eigenvalue weighted by Gasteiger charge is 1.96. The summed E-state index contributed by atoms with van der Waals surface area (Å²) in [6.45, 7) is 1.52. The number of anilines is 1. The Bertz CT molecular complexity index is 496. The predicted octanol–water partition coefficient (Wildman–Crippen LogP) is 4.36. The molecule has 0 atom stereocenters. The fourth-order valence-corrected chi connectivity index (χ4v) is 2.00. The van der Waals surface area contributed by atoms with Crippen LogP contribution in [0.3, 0.4) is 0 Å². The molecule has 0 aromatic heterocycles. The molecule has 0 amide bonds. The molecule has 0 spiro atoms. The van der Waals surface area contributed by atoms with Crippen LogP contribution in [0, 0.1) is 0 Å². The third-order valence-electron chi connectivity index (χ3n) is 3.21. The van der Waals surface area contributed by atoms with Gasteiger partial charge in [-0.25, -0.2) is 0 Å². The summed E-state index contributed by atoms with van der Waals surface area (Å²) in [6.07, 6.45) is 3.21. The molecule has 0 radical (unpaired) electrons. The summed E-state index contributed by atoms with van der Waals surface area (Å²) < 4.78 is 11.4. The molecule has 3 heteroatoms. The van der Waals surface area contributed by atoms with E-state index < -0.39 is 0 Å². The van der Waals surface area contributed by atoms with Gasteiger partial charge in [0.05, 0.1) is 13.2 Å². The van der Waals surface area contributed by atoms with E-state index in [0.29, 0.717) is 0 Å². The fraction of sp³-hybridized carbons (Fsp3) is 0.333. The fourth-order valence-electron chi connectivity index (χ4n) is 2.00. The van der Waals surface area contributed by atoms with Gasteiger partial charge in [-0.05, 0) is 55.7 Å². The molecule has 0 bridgehead atoms. The van der Waals surface area contributed by atoms with Gasteiger partial charge in [-0.1, -0.05) is 18.2 Å². The van der Waals surface area contributed by atoms with Crippen molar-refractivity contribution in [2.24, 2.45) is 0 Å². The second-order valence-corrected chi connectivity index (χ2v) is 4.85. The number of hydrogen-bond donors (Lipinski definition) is 1. The number of para-hydroxylation sites is 1. The van der Waals surface area contributed by atoms with E-state index in [-0.39, 0.29) is 0 Å². The number of ether oxygens (including phenoxy) is 2. The second kappa shape index (κ2) is 8.90. The Kier molecular flexibility index (Phi) is 6.46. The molecule has 2 aromatic carbocycles. The Morgan fingerprint density at radius 1 is 0.714 bits per heavy atom. The van der Waals surface area contributed by atoms with Crippen LogP contribution in [0.4, 0.5) is 5.69 Å². The molecule has 0 fully saturated rings. The van der Waals surface area contributed by atoms with Crippen molar-refractivity contribution in [3.8, 4) is 11.5 Å². The van der Waals surface area contributed by atoms with Crippen LogP contribution in [0.5, 0.6) is 11.5 Å². The van der Waals surface area contributed by atoms with Crippen molar-refractivity contribution in [3.05, 3.63) is 54.6 Å². The Morgan fingerprint density at radius 3 is 1.86 bits per heavy atom. The van der Waals surface area contributed by atoms with E-state index in [2.05, 4.69) is 5.32 Å². The van der Waals surface area contributed by atoms with Crippen molar-refractivity contribution >= 4 is 5.69 Å². The monoisotopic (exact) mass is 285 g/mol. The number of nitrogens with one attached hydrogen (secondary N) is 1. The highest BCUT2D eigenvalue weighted by Crippen LogP contribution is 2.15. The quantitative estimate of drug-likeness (QED) is 0.694. The first-order valence-corrected chi connectivity index (χ1v) is 7.47. The van der Waals surface area contributed by atoms with Crippen LogP contribution in [0.1, 0.15) is 19.3 Å². The molecular weight excluding hydrogens is 262 g/mol. The molecule has 2 rings (SSSR count). The van der Waals surface area contributed by atoms with Crippen molar-refractivity contribution in [1.29, 1.82) is 0 Å². The molecular formula is C18H23NO2. The smallest absolute Gasteiger partial charge is 0.119 e. The molecule has 2 aromatic rings. The van der Waals surface area contributed by atoms with E-state index in [9.17, 15) is 0 Å². The number of rotatable bonds is 9. The molecule has 112 valence electrons. The SMILES string of the molecule is CNc1ccc(OCCCCCOc2ccccc2)cc1. The van der Waals surface area contributed by atoms with Gasteiger partial charge in [0.2, 0.25) is 0 Å². The zero-order chi connectivity index (χ0) is 14.8. The maximum atomic E-state index is 5.70. The van der Waals surface area contributed by atoms with Crippen molar-refractivity contribution in [3.63, 3.8) is 0 Å². The van der Waals surface area contributed by atoms with Gasteiger partial charge in [-0.3, -0.25) is 0 Å². The van der Waals surface area contributed by atoms with E-state index in [0.717, 1.165) is 49.7 Å². The van der Waals surface area contributed by atoms with Gasteiger partial charge in [-0.15, -0.1) is 0 Å². The van der Waals surface area contributed by atoms with E-state index in [1.165, 1.54) is 0 Å². The minimum Gasteiger partial charge on any atom is -0.494 e. The van der Waals surface area contributed by atoms with Gasteiger partial charge >= 0.3 is 0 Å². The molecule has 3 nitrogen and oxygen atoms in total. The molecule has 1 N–H and O–H groups in total. The molecule has 0 unspecified atom stereocenters. The predicted molar refractivity (Wildman–Crippen MR) is 87.3 cm³/mol. The van der Waals surface area contributed by atoms with Crippen molar-refractivity contribution < 1.29 is 9.47 Å². The standard InChI is InChI=1S/C18H23NO2/c1-19-16-10-12-18(13-11-16)21-15-7-3-6-14-20-17-8-4-2-5-9-17/h2,4-5,8-13,19H,3,6-7,14-15H2,1H3. The minimum absolute atomic E-state index is 0.754. The third-order valence-corrected chi connectivity index (χ3v) is 3.21. The summed E-state index contributed by atoms with van der Waals surface area (Å²) >= 11 is 0. The summed E-state index contributed by atoms with van der Waals surface area (Å²) in [7, 11) is 1.91. The van der Waals surface area contributed by atoms with Crippen molar-refractivity contribution in [2.45, 2.75) is 19.3 Å². The Balaban J connectivity index is 1.51. The average molecular weight is 285 g/mol. The number of unbranched alkanes of at least 4 members (excludes halogenated alkanes) is 2. The normalized spacial score (nSPS) is 10.1. The van der Waals surface area contributed by atoms with Crippen LogP contribution < -0.4 is 14.8 Å². The van der Waals surface area contributed by atoms with Gasteiger partial charge < -0.3 is 14.8 Å². The van der Waals surface area contributed by atoms with E-state index in [4.69, 9.17) is 9.47 Å². The van der Waals surface area contributed by atoms with Crippen molar-refractivity contribution in [1.82, 2.24) is 0 Å². The lowest BCUT2D eigenvalue weighted by Crippen LogP contribution is -2.01. The molecule has 21 heavy (non-hydrogen) atoms. The first kappa shape index (κ1) is 15.2. The molecule has 0 saturated heterocycles. The zero-order valence-electron chi connectivity index (χ0n) is 12.5. The van der Waals surface area contributed by atoms with Gasteiger partial charge in [0.25, 0.3) is 0 Å². The average Bonchev–Trinajstić information content (AvgIpc) is 2.55. The topological polar surface area (TPSA) is 30.5 Å². The lowest BCUT2D eigenvalue weighted by molar-refractivity contribution is 0.279. The molecule has 0 saturated carbocycles. The first-order chi connectivity index (χ1) is 10.4. The highest BCUT2D eigenvalue weighted by molar-refractivity contribution is 5.45. The number of hydrogen-bond acceptors (Lipinski definition) is 3. The summed E-state index contributed by atoms with van der Waals surface area (Å²) in [4.78, 5) is 0. The van der Waals surface area contributed by atoms with Crippen molar-refractivity contribution in [2.75, 3.05) is 25.6 Å². The molecule has 0 aliphatic rings. The zero-order valence-corrected chi connectivity index (χ0v) is 12.5. The summed E-state index contributed by atoms with van der Waals surface area (Å²) in [5, 5.41) is 3.09. The van der Waals surface area contributed by atoms with E-state index >= 15 is 0 Å². The molecule has 0 aliphatic heterocycles. The summed E-state index contributed by atoms with van der Waals surface area (Å²) in [5.41, 5.74) is 1.10. The van der Waals surface area contributed by atoms with Crippen LogP contribution in [0.25, 0.3) is 0 Å². The van der Waals surface area contributed by atoms with Gasteiger partial charge in [0.1, 0.15) is 11.5 Å². The highest BCUT2D eigenvalue weighted by atomic mass is 16.5. The van der Waals surface area contributed by atoms with Crippen LogP contribution in [0.2, 0.25) is 0 Å². The maximum absolute atomic E-state index is 5.70. The van der Waals surface area contributed by atoms with E-state index in [1.54, 1.807) is 0 Å². The van der Waals surface area contributed by atoms with Gasteiger partial charge in [-0.2, -0.15) is 0 Å². The number of benzene rings is 2. The van der Waals surface area contributed by atoms with E-state index in [1.807, 2.05) is 61.6 Å². The Morgan fingerprint density at radius 2 is 1.29 bits per heavy atom. The summed E-state index contributed by atoms with van der Waals surface area (Å²) in [6, 6.07) is 18.0. The summed E-state index contributed by atoms with van der Waals surface area (Å²) in [5.74, 6) is 1.87. The molecule has 0 heterocycles. The van der Waals surface area contributed by atoms with Crippen LogP contribution in [0.15, 0.2) is 54.6 Å². The van der Waals surface area contributed by atoms with Gasteiger partial charge in [0.15, 0.2) is 0 Å². The van der Waals surface area contributed by atoms with Crippen LogP contribution >= 0.6 is 0 Å². The van der Waals surface area contributed by atoms with Crippen LogP contribution in [-0.2, 0) is 0 Å². The lowest BCUT2D eigenvalue weighted by atomic mass is 10.2. The second-order valence-electron chi connectivity index (χ2n) is 4.85.